The van der Waals surface area contributed by atoms with Crippen LogP contribution in [0.5, 0.6) is 0 Å². The zero-order valence-corrected chi connectivity index (χ0v) is 12.4. The number of halogens is 2. The first kappa shape index (κ1) is 16.2. The molecule has 3 heteroatoms. The van der Waals surface area contributed by atoms with Crippen molar-refractivity contribution >= 4 is 28.9 Å². The lowest BCUT2D eigenvalue weighted by Gasteiger charge is -2.03. The van der Waals surface area contributed by atoms with Crippen LogP contribution in [0.25, 0.3) is 0 Å². The van der Waals surface area contributed by atoms with Gasteiger partial charge >= 0.3 is 0 Å². The van der Waals surface area contributed by atoms with Crippen LogP contribution in [0.4, 0.5) is 0 Å². The Bertz CT molecular complexity index is 398. The van der Waals surface area contributed by atoms with Gasteiger partial charge in [0, 0.05) is 10.7 Å². The van der Waals surface area contributed by atoms with Crippen molar-refractivity contribution in [3.63, 3.8) is 0 Å². The lowest BCUT2D eigenvalue weighted by atomic mass is 10.1. The van der Waals surface area contributed by atoms with E-state index in [2.05, 4.69) is 11.6 Å². The lowest BCUT2D eigenvalue weighted by molar-refractivity contribution is 1.08. The highest BCUT2D eigenvalue weighted by Crippen LogP contribution is 2.17. The largest absolute Gasteiger partial charge is 0.241 e. The first-order valence-electron chi connectivity index (χ1n) is 5.53. The van der Waals surface area contributed by atoms with Crippen molar-refractivity contribution in [1.29, 1.82) is 0 Å². The fraction of sp³-hybridized carbons (Fsp3) is 0.357. The van der Waals surface area contributed by atoms with Crippen LogP contribution in [0.3, 0.4) is 0 Å². The van der Waals surface area contributed by atoms with E-state index in [0.717, 1.165) is 23.3 Å². The van der Waals surface area contributed by atoms with Crippen LogP contribution in [0, 0.1) is 0 Å². The normalized spacial score (nSPS) is 15.8. The van der Waals surface area contributed by atoms with Gasteiger partial charge in [0.05, 0.1) is 0 Å². The average molecular weight is 272 g/mol. The van der Waals surface area contributed by atoms with E-state index in [-0.39, 0.29) is 0 Å². The number of hydrogen-bond acceptors (Lipinski definition) is 1. The second-order valence-electron chi connectivity index (χ2n) is 3.60. The molecule has 0 saturated heterocycles. The van der Waals surface area contributed by atoms with Gasteiger partial charge in [0.25, 0.3) is 0 Å². The van der Waals surface area contributed by atoms with Gasteiger partial charge in [-0.2, -0.15) is 0 Å². The monoisotopic (exact) mass is 271 g/mol. The third kappa shape index (κ3) is 5.90. The summed E-state index contributed by atoms with van der Waals surface area (Å²) in [5, 5.41) is 1.13. The summed E-state index contributed by atoms with van der Waals surface area (Å²) < 4.78 is 0. The summed E-state index contributed by atoms with van der Waals surface area (Å²) in [5.41, 5.74) is 2.85. The van der Waals surface area contributed by atoms with Crippen molar-refractivity contribution in [1.82, 2.24) is 0 Å². The van der Waals surface area contributed by atoms with Gasteiger partial charge in [-0.15, -0.1) is 0 Å². The van der Waals surface area contributed by atoms with E-state index >= 15 is 0 Å². The summed E-state index contributed by atoms with van der Waals surface area (Å²) in [6, 6.07) is 0. The van der Waals surface area contributed by atoms with Crippen LogP contribution in [-0.2, 0) is 0 Å². The molecule has 0 heterocycles. The second-order valence-corrected chi connectivity index (χ2v) is 4.39. The summed E-state index contributed by atoms with van der Waals surface area (Å²) in [7, 11) is 0. The molecule has 17 heavy (non-hydrogen) atoms. The Labute approximate surface area is 114 Å². The third-order valence-corrected chi connectivity index (χ3v) is 3.04. The Morgan fingerprint density at radius 2 is 1.88 bits per heavy atom. The van der Waals surface area contributed by atoms with Crippen LogP contribution in [0.2, 0.25) is 0 Å². The van der Waals surface area contributed by atoms with E-state index in [1.165, 1.54) is 0 Å². The second kappa shape index (κ2) is 8.32. The van der Waals surface area contributed by atoms with Gasteiger partial charge in [0.2, 0.25) is 0 Å². The van der Waals surface area contributed by atoms with Gasteiger partial charge in [-0.3, -0.25) is 0 Å². The van der Waals surface area contributed by atoms with Crippen LogP contribution < -0.4 is 0 Å². The molecule has 0 saturated carbocycles. The fourth-order valence-electron chi connectivity index (χ4n) is 1.06. The lowest BCUT2D eigenvalue weighted by Crippen LogP contribution is -1.95. The molecule has 0 aliphatic carbocycles. The van der Waals surface area contributed by atoms with Crippen molar-refractivity contribution in [2.24, 2.45) is 4.99 Å². The number of hydrogen-bond donors (Lipinski definition) is 0. The molecule has 0 atom stereocenters. The molecule has 0 aromatic heterocycles. The molecule has 94 valence electrons. The van der Waals surface area contributed by atoms with Crippen molar-refractivity contribution in [3.8, 4) is 0 Å². The van der Waals surface area contributed by atoms with E-state index in [4.69, 9.17) is 23.2 Å². The van der Waals surface area contributed by atoms with E-state index in [1.807, 2.05) is 39.8 Å². The van der Waals surface area contributed by atoms with Crippen LogP contribution in [0.15, 0.2) is 51.1 Å². The van der Waals surface area contributed by atoms with Crippen molar-refractivity contribution in [2.75, 3.05) is 0 Å². The molecule has 0 amide bonds. The van der Waals surface area contributed by atoms with E-state index in [0.29, 0.717) is 10.2 Å². The van der Waals surface area contributed by atoms with E-state index in [1.54, 1.807) is 6.08 Å². The minimum absolute atomic E-state index is 0.549. The minimum atomic E-state index is 0.549. The number of rotatable bonds is 5. The van der Waals surface area contributed by atoms with Crippen LogP contribution in [0.1, 0.15) is 34.1 Å². The zero-order valence-electron chi connectivity index (χ0n) is 10.8. The predicted octanol–water partition coefficient (Wildman–Crippen LogP) is 5.58. The Balaban J connectivity index is 5.22. The van der Waals surface area contributed by atoms with Gasteiger partial charge in [-0.1, -0.05) is 48.9 Å². The highest BCUT2D eigenvalue weighted by atomic mass is 35.5. The Hall–Kier alpha value is -0.790. The molecule has 0 N–H and O–H groups in total. The van der Waals surface area contributed by atoms with Gasteiger partial charge in [0.1, 0.15) is 5.16 Å². The van der Waals surface area contributed by atoms with Gasteiger partial charge in [0.15, 0.2) is 0 Å². The predicted molar refractivity (Wildman–Crippen MR) is 79.8 cm³/mol. The highest BCUT2D eigenvalue weighted by Gasteiger charge is 2.01. The smallest absolute Gasteiger partial charge is 0.128 e. The van der Waals surface area contributed by atoms with Crippen molar-refractivity contribution in [3.05, 3.63) is 46.1 Å². The molecule has 0 radical (unpaired) electrons. The topological polar surface area (TPSA) is 12.4 Å². The molecule has 1 nitrogen and oxygen atoms in total. The summed E-state index contributed by atoms with van der Waals surface area (Å²) in [6.45, 7) is 11.5. The van der Waals surface area contributed by atoms with Gasteiger partial charge in [-0.05, 0) is 44.4 Å². The van der Waals surface area contributed by atoms with Gasteiger partial charge < -0.3 is 0 Å². The Morgan fingerprint density at radius 3 is 2.29 bits per heavy atom. The summed E-state index contributed by atoms with van der Waals surface area (Å²) in [5.74, 6) is 0. The van der Waals surface area contributed by atoms with Crippen LogP contribution >= 0.6 is 23.2 Å². The maximum atomic E-state index is 6.09. The first-order chi connectivity index (χ1) is 7.96. The average Bonchev–Trinajstić information content (AvgIpc) is 2.33. The molecule has 0 spiro atoms. The molecular formula is C14H19Cl2N. The molecule has 0 aromatic carbocycles. The Morgan fingerprint density at radius 1 is 1.29 bits per heavy atom. The zero-order chi connectivity index (χ0) is 13.4. The number of aliphatic imine (C=N–C) groups is 1. The molecular weight excluding hydrogens is 253 g/mol. The van der Waals surface area contributed by atoms with E-state index < -0.39 is 0 Å². The summed E-state index contributed by atoms with van der Waals surface area (Å²) >= 11 is 12.0. The molecule has 0 aromatic rings. The fourth-order valence-corrected chi connectivity index (χ4v) is 1.44. The molecule has 0 fully saturated rings. The maximum Gasteiger partial charge on any atom is 0.128 e. The highest BCUT2D eigenvalue weighted by molar-refractivity contribution is 6.32. The third-order valence-electron chi connectivity index (χ3n) is 2.37. The standard InChI is InChI=1S/C14H19Cl2N/c1-6-10(4)14(16)17-11(5)12(7-2)9-13(15)8-3/h7-9H,3,6H2,1-2,4-5H3/b12-7+,13-9+,14-10-,17-11+. The minimum Gasteiger partial charge on any atom is -0.241 e. The SMILES string of the molecule is C=C\C(Cl)=C/C(=C\C)C(/C)=N/C(Cl)=C(/C)CC. The van der Waals surface area contributed by atoms with Gasteiger partial charge in [-0.25, -0.2) is 4.99 Å². The summed E-state index contributed by atoms with van der Waals surface area (Å²) in [6.07, 6.45) is 6.24. The summed E-state index contributed by atoms with van der Waals surface area (Å²) in [4.78, 5) is 4.36. The Kier molecular flexibility index (Phi) is 7.94. The quantitative estimate of drug-likeness (QED) is 0.352. The molecule has 0 bridgehead atoms. The molecule has 0 unspecified atom stereocenters. The molecule has 0 aliphatic rings. The van der Waals surface area contributed by atoms with Crippen molar-refractivity contribution in [2.45, 2.75) is 34.1 Å². The van der Waals surface area contributed by atoms with Crippen molar-refractivity contribution < 1.29 is 0 Å². The van der Waals surface area contributed by atoms with Crippen LogP contribution in [-0.4, -0.2) is 5.71 Å². The number of nitrogens with zero attached hydrogens (tertiary/aromatic N) is 1. The van der Waals surface area contributed by atoms with E-state index in [9.17, 15) is 0 Å². The number of allylic oxidation sites excluding steroid dienone is 6. The molecule has 0 rings (SSSR count). The molecule has 0 aliphatic heterocycles. The maximum absolute atomic E-state index is 6.09. The first-order valence-corrected chi connectivity index (χ1v) is 6.28.